The van der Waals surface area contributed by atoms with Crippen LogP contribution in [0.5, 0.6) is 5.75 Å². The van der Waals surface area contributed by atoms with Gasteiger partial charge in [0.25, 0.3) is 0 Å². The largest absolute Gasteiger partial charge is 0.497 e. The lowest BCUT2D eigenvalue weighted by atomic mass is 10.1. The summed E-state index contributed by atoms with van der Waals surface area (Å²) in [6.45, 7) is 0. The van der Waals surface area contributed by atoms with Crippen LogP contribution in [0.15, 0.2) is 82.2 Å². The molecule has 1 aromatic heterocycles. The maximum absolute atomic E-state index is 14.1. The van der Waals surface area contributed by atoms with Crippen LogP contribution in [0.4, 0.5) is 10.1 Å². The fourth-order valence-electron chi connectivity index (χ4n) is 2.80. The van der Waals surface area contributed by atoms with Crippen LogP contribution in [-0.4, -0.2) is 7.11 Å². The van der Waals surface area contributed by atoms with Crippen molar-refractivity contribution in [1.82, 2.24) is 0 Å². The Labute approximate surface area is 160 Å². The van der Waals surface area contributed by atoms with Gasteiger partial charge in [-0.25, -0.2) is 9.38 Å². The average molecular weight is 380 g/mol. The zero-order valence-electron chi connectivity index (χ0n) is 14.4. The first-order valence-corrected chi connectivity index (χ1v) is 8.69. The van der Waals surface area contributed by atoms with E-state index in [1.165, 1.54) is 6.07 Å². The van der Waals surface area contributed by atoms with Gasteiger partial charge in [-0.1, -0.05) is 23.7 Å². The third-order valence-corrected chi connectivity index (χ3v) is 4.41. The summed E-state index contributed by atoms with van der Waals surface area (Å²) in [5.74, 6) is 0.977. The summed E-state index contributed by atoms with van der Waals surface area (Å²) in [6, 6.07) is 21.0. The van der Waals surface area contributed by atoms with Crippen LogP contribution < -0.4 is 10.1 Å². The molecule has 0 radical (unpaired) electrons. The summed E-state index contributed by atoms with van der Waals surface area (Å²) in [4.78, 5) is 4.51. The fourth-order valence-corrected chi connectivity index (χ4v) is 2.98. The van der Waals surface area contributed by atoms with Gasteiger partial charge in [0.15, 0.2) is 0 Å². The molecule has 0 amide bonds. The first-order valence-electron chi connectivity index (χ1n) is 8.31. The molecule has 0 saturated carbocycles. The number of benzene rings is 3. The minimum Gasteiger partial charge on any atom is -0.497 e. The SMILES string of the molecule is COc1ccc(-c2cc(=Nc3ccccc3F)c3cc(Cl)ccc3o2)cc1. The Balaban J connectivity index is 1.97. The molecule has 134 valence electrons. The summed E-state index contributed by atoms with van der Waals surface area (Å²) < 4.78 is 25.3. The van der Waals surface area contributed by atoms with Crippen molar-refractivity contribution in [1.29, 1.82) is 0 Å². The van der Waals surface area contributed by atoms with Crippen molar-refractivity contribution in [3.8, 4) is 17.1 Å². The van der Waals surface area contributed by atoms with E-state index in [1.807, 2.05) is 24.3 Å². The highest BCUT2D eigenvalue weighted by Gasteiger charge is 2.08. The van der Waals surface area contributed by atoms with E-state index >= 15 is 0 Å². The van der Waals surface area contributed by atoms with Crippen LogP contribution in [0.25, 0.3) is 22.3 Å². The third kappa shape index (κ3) is 3.57. The molecule has 4 aromatic rings. The summed E-state index contributed by atoms with van der Waals surface area (Å²) in [5.41, 5.74) is 1.73. The van der Waals surface area contributed by atoms with Crippen LogP contribution >= 0.6 is 11.6 Å². The standard InChI is InChI=1S/C22H15ClFNO2/c1-26-16-9-6-14(7-10-16)22-13-20(25-19-5-3-2-4-18(19)24)17-12-15(23)8-11-21(17)27-22/h2-13H,1H3. The normalized spacial score (nSPS) is 11.7. The second-order valence-corrected chi connectivity index (χ2v) is 6.36. The Hall–Kier alpha value is -3.11. The van der Waals surface area contributed by atoms with Gasteiger partial charge in [0.2, 0.25) is 0 Å². The molecule has 0 bridgehead atoms. The van der Waals surface area contributed by atoms with Gasteiger partial charge in [0.1, 0.15) is 22.9 Å². The minimum atomic E-state index is -0.389. The molecule has 3 aromatic carbocycles. The molecular weight excluding hydrogens is 365 g/mol. The third-order valence-electron chi connectivity index (χ3n) is 4.17. The van der Waals surface area contributed by atoms with Crippen LogP contribution in [0.2, 0.25) is 5.02 Å². The lowest BCUT2D eigenvalue weighted by molar-refractivity contribution is 0.415. The van der Waals surface area contributed by atoms with E-state index in [2.05, 4.69) is 4.99 Å². The average Bonchev–Trinajstić information content (AvgIpc) is 2.70. The zero-order chi connectivity index (χ0) is 18.8. The molecule has 0 unspecified atom stereocenters. The van der Waals surface area contributed by atoms with E-state index in [4.69, 9.17) is 20.8 Å². The number of fused-ring (bicyclic) bond motifs is 1. The molecule has 0 fully saturated rings. The van der Waals surface area contributed by atoms with Crippen molar-refractivity contribution in [2.75, 3.05) is 7.11 Å². The maximum Gasteiger partial charge on any atom is 0.148 e. The molecule has 5 heteroatoms. The number of hydrogen-bond acceptors (Lipinski definition) is 3. The van der Waals surface area contributed by atoms with Crippen LogP contribution in [0.3, 0.4) is 0 Å². The fraction of sp³-hybridized carbons (Fsp3) is 0.0455. The molecule has 0 aliphatic heterocycles. The Kier molecular flexibility index (Phi) is 4.65. The number of methoxy groups -OCH3 is 1. The second kappa shape index (κ2) is 7.25. The van der Waals surface area contributed by atoms with Crippen LogP contribution in [0.1, 0.15) is 0 Å². The molecule has 0 saturated heterocycles. The van der Waals surface area contributed by atoms with E-state index in [1.54, 1.807) is 49.6 Å². The Morgan fingerprint density at radius 1 is 0.963 bits per heavy atom. The summed E-state index contributed by atoms with van der Waals surface area (Å²) in [7, 11) is 1.62. The van der Waals surface area contributed by atoms with Crippen molar-refractivity contribution < 1.29 is 13.5 Å². The topological polar surface area (TPSA) is 34.7 Å². The number of hydrogen-bond donors (Lipinski definition) is 0. The first-order chi connectivity index (χ1) is 13.1. The number of rotatable bonds is 3. The molecule has 0 aliphatic carbocycles. The van der Waals surface area contributed by atoms with Crippen molar-refractivity contribution in [2.45, 2.75) is 0 Å². The van der Waals surface area contributed by atoms with Crippen molar-refractivity contribution >= 4 is 28.3 Å². The number of ether oxygens (including phenoxy) is 1. The van der Waals surface area contributed by atoms with Gasteiger partial charge in [-0.05, 0) is 54.6 Å². The van der Waals surface area contributed by atoms with E-state index < -0.39 is 0 Å². The van der Waals surface area contributed by atoms with Gasteiger partial charge in [-0.15, -0.1) is 0 Å². The highest BCUT2D eigenvalue weighted by molar-refractivity contribution is 6.31. The molecule has 0 N–H and O–H groups in total. The molecule has 0 atom stereocenters. The smallest absolute Gasteiger partial charge is 0.148 e. The molecular formula is C22H15ClFNO2. The predicted octanol–water partition coefficient (Wildman–Crippen LogP) is 6.13. The molecule has 4 rings (SSSR count). The van der Waals surface area contributed by atoms with Gasteiger partial charge in [0, 0.05) is 22.0 Å². The number of halogens is 2. The van der Waals surface area contributed by atoms with Crippen molar-refractivity contribution in [3.63, 3.8) is 0 Å². The lowest BCUT2D eigenvalue weighted by Crippen LogP contribution is -2.03. The predicted molar refractivity (Wildman–Crippen MR) is 105 cm³/mol. The van der Waals surface area contributed by atoms with Gasteiger partial charge >= 0.3 is 0 Å². The second-order valence-electron chi connectivity index (χ2n) is 5.93. The Morgan fingerprint density at radius 2 is 1.74 bits per heavy atom. The van der Waals surface area contributed by atoms with Gasteiger partial charge < -0.3 is 9.15 Å². The minimum absolute atomic E-state index is 0.255. The van der Waals surface area contributed by atoms with Crippen molar-refractivity contribution in [2.24, 2.45) is 4.99 Å². The monoisotopic (exact) mass is 379 g/mol. The highest BCUT2D eigenvalue weighted by Crippen LogP contribution is 2.26. The molecule has 0 spiro atoms. The maximum atomic E-state index is 14.1. The highest BCUT2D eigenvalue weighted by atomic mass is 35.5. The van der Waals surface area contributed by atoms with Gasteiger partial charge in [-0.3, -0.25) is 0 Å². The molecule has 0 aliphatic rings. The lowest BCUT2D eigenvalue weighted by Gasteiger charge is -2.07. The van der Waals surface area contributed by atoms with Gasteiger partial charge in [-0.2, -0.15) is 0 Å². The molecule has 3 nitrogen and oxygen atoms in total. The molecule has 1 heterocycles. The Bertz CT molecular complexity index is 1180. The van der Waals surface area contributed by atoms with Gasteiger partial charge in [0.05, 0.1) is 18.2 Å². The zero-order valence-corrected chi connectivity index (χ0v) is 15.2. The molecule has 27 heavy (non-hydrogen) atoms. The number of para-hydroxylation sites is 1. The first kappa shape index (κ1) is 17.3. The van der Waals surface area contributed by atoms with E-state index in [-0.39, 0.29) is 11.5 Å². The van der Waals surface area contributed by atoms with Crippen LogP contribution in [-0.2, 0) is 0 Å². The summed E-state index contributed by atoms with van der Waals surface area (Å²) in [6.07, 6.45) is 0. The van der Waals surface area contributed by atoms with E-state index in [0.717, 1.165) is 11.3 Å². The van der Waals surface area contributed by atoms with E-state index in [9.17, 15) is 4.39 Å². The number of nitrogens with zero attached hydrogens (tertiary/aromatic N) is 1. The van der Waals surface area contributed by atoms with Crippen molar-refractivity contribution in [3.05, 3.63) is 89.0 Å². The summed E-state index contributed by atoms with van der Waals surface area (Å²) >= 11 is 6.14. The Morgan fingerprint density at radius 3 is 2.48 bits per heavy atom. The quantitative estimate of drug-likeness (QED) is 0.429. The van der Waals surface area contributed by atoms with Crippen LogP contribution in [0, 0.1) is 5.82 Å². The summed E-state index contributed by atoms with van der Waals surface area (Å²) in [5, 5.41) is 1.84. The van der Waals surface area contributed by atoms with E-state index in [0.29, 0.717) is 27.1 Å².